The summed E-state index contributed by atoms with van der Waals surface area (Å²) in [6, 6.07) is 7.73. The lowest BCUT2D eigenvalue weighted by Crippen LogP contribution is -2.54. The van der Waals surface area contributed by atoms with E-state index in [9.17, 15) is 9.59 Å². The predicted octanol–water partition coefficient (Wildman–Crippen LogP) is 2.57. The Morgan fingerprint density at radius 3 is 2.79 bits per heavy atom. The molecule has 2 saturated heterocycles. The van der Waals surface area contributed by atoms with Gasteiger partial charge in [0.05, 0.1) is 18.0 Å². The highest BCUT2D eigenvalue weighted by Gasteiger charge is 2.44. The molecule has 0 saturated carbocycles. The van der Waals surface area contributed by atoms with Crippen LogP contribution in [0.3, 0.4) is 0 Å². The van der Waals surface area contributed by atoms with Gasteiger partial charge in [-0.15, -0.1) is 11.8 Å². The normalized spacial score (nSPS) is 20.6. The summed E-state index contributed by atoms with van der Waals surface area (Å²) >= 11 is 1.84. The maximum absolute atomic E-state index is 12.6. The number of rotatable bonds is 8. The Kier molecular flexibility index (Phi) is 7.84. The number of piperidine rings is 1. The topological polar surface area (TPSA) is 70.7 Å². The van der Waals surface area contributed by atoms with Crippen LogP contribution in [0.4, 0.5) is 0 Å². The third-order valence-electron chi connectivity index (χ3n) is 5.83. The number of carbonyl (C=O) groups is 2. The van der Waals surface area contributed by atoms with E-state index in [1.165, 1.54) is 0 Å². The maximum Gasteiger partial charge on any atom is 0.238 e. The number of ether oxygens (including phenoxy) is 1. The van der Waals surface area contributed by atoms with E-state index in [0.717, 1.165) is 62.3 Å². The molecule has 0 radical (unpaired) electrons. The van der Waals surface area contributed by atoms with Gasteiger partial charge in [0.25, 0.3) is 0 Å². The number of hydrogen-bond donors (Lipinski definition) is 2. The Morgan fingerprint density at radius 2 is 2.07 bits per heavy atom. The lowest BCUT2D eigenvalue weighted by molar-refractivity contribution is -0.132. The van der Waals surface area contributed by atoms with Crippen molar-refractivity contribution in [1.29, 1.82) is 0 Å². The van der Waals surface area contributed by atoms with Gasteiger partial charge >= 0.3 is 0 Å². The summed E-state index contributed by atoms with van der Waals surface area (Å²) in [5.74, 6) is 1.97. The first kappa shape index (κ1) is 22.0. The van der Waals surface area contributed by atoms with Crippen molar-refractivity contribution in [3.63, 3.8) is 0 Å². The zero-order chi connectivity index (χ0) is 20.7. The fourth-order valence-corrected chi connectivity index (χ4v) is 5.45. The molecule has 2 fully saturated rings. The standard InChI is InChI=1S/C22H33N3O3S/c1-3-4-9-20(26)25-14-11-22(12-15-25)24-18(16-29-22)21(27)23-13-10-17-7-5-6-8-19(17)28-2/h5-8,18,24H,3-4,9-16H2,1-2H3,(H,23,27). The largest absolute Gasteiger partial charge is 0.496 e. The second kappa shape index (κ2) is 10.3. The number of benzene rings is 1. The van der Waals surface area contributed by atoms with Crippen LogP contribution in [0.25, 0.3) is 0 Å². The summed E-state index contributed by atoms with van der Waals surface area (Å²) in [4.78, 5) is 26.8. The SMILES string of the molecule is CCCCC(=O)N1CCC2(CC1)NC(C(=O)NCCc1ccccc1OC)CS2. The fraction of sp³-hybridized carbons (Fsp3) is 0.636. The molecule has 2 aliphatic heterocycles. The van der Waals surface area contributed by atoms with Crippen molar-refractivity contribution < 1.29 is 14.3 Å². The Labute approximate surface area is 178 Å². The number of carbonyl (C=O) groups excluding carboxylic acids is 2. The summed E-state index contributed by atoms with van der Waals surface area (Å²) in [6.07, 6.45) is 5.22. The minimum atomic E-state index is -0.167. The van der Waals surface area contributed by atoms with Crippen LogP contribution in [0.5, 0.6) is 5.75 Å². The van der Waals surface area contributed by atoms with Crippen LogP contribution >= 0.6 is 11.8 Å². The first-order chi connectivity index (χ1) is 14.1. The summed E-state index contributed by atoms with van der Waals surface area (Å²) in [7, 11) is 1.67. The van der Waals surface area contributed by atoms with Gasteiger partial charge in [-0.25, -0.2) is 0 Å². The molecule has 29 heavy (non-hydrogen) atoms. The molecule has 0 aromatic heterocycles. The Morgan fingerprint density at radius 1 is 1.31 bits per heavy atom. The van der Waals surface area contributed by atoms with Gasteiger partial charge in [-0.3, -0.25) is 14.9 Å². The third kappa shape index (κ3) is 5.66. The molecule has 7 heteroatoms. The number of thioether (sulfide) groups is 1. The lowest BCUT2D eigenvalue weighted by atomic mass is 10.0. The molecule has 1 spiro atoms. The van der Waals surface area contributed by atoms with Crippen molar-refractivity contribution in [2.75, 3.05) is 32.5 Å². The van der Waals surface area contributed by atoms with Gasteiger partial charge in [-0.1, -0.05) is 31.5 Å². The van der Waals surface area contributed by atoms with Gasteiger partial charge in [0.2, 0.25) is 11.8 Å². The van der Waals surface area contributed by atoms with E-state index in [4.69, 9.17) is 4.74 Å². The molecular formula is C22H33N3O3S. The van der Waals surface area contributed by atoms with Crippen LogP contribution in [0.15, 0.2) is 24.3 Å². The first-order valence-corrected chi connectivity index (χ1v) is 11.6. The van der Waals surface area contributed by atoms with Gasteiger partial charge in [0.1, 0.15) is 5.75 Å². The molecule has 1 aromatic carbocycles. The molecule has 1 atom stereocenters. The number of likely N-dealkylation sites (tertiary alicyclic amines) is 1. The Hall–Kier alpha value is -1.73. The van der Waals surface area contributed by atoms with Crippen molar-refractivity contribution in [3.8, 4) is 5.75 Å². The molecule has 2 amide bonds. The average Bonchev–Trinajstić information content (AvgIpc) is 3.16. The van der Waals surface area contributed by atoms with E-state index in [1.807, 2.05) is 40.9 Å². The molecule has 1 unspecified atom stereocenters. The van der Waals surface area contributed by atoms with Gasteiger partial charge in [-0.2, -0.15) is 0 Å². The van der Waals surface area contributed by atoms with Crippen LogP contribution in [0, 0.1) is 0 Å². The van der Waals surface area contributed by atoms with Crippen LogP contribution < -0.4 is 15.4 Å². The average molecular weight is 420 g/mol. The molecule has 2 aliphatic rings. The molecule has 3 rings (SSSR count). The van der Waals surface area contributed by atoms with E-state index in [-0.39, 0.29) is 22.7 Å². The van der Waals surface area contributed by atoms with Crippen LogP contribution in [-0.4, -0.2) is 60.1 Å². The van der Waals surface area contributed by atoms with Crippen LogP contribution in [0.2, 0.25) is 0 Å². The van der Waals surface area contributed by atoms with E-state index in [2.05, 4.69) is 17.6 Å². The molecule has 0 aliphatic carbocycles. The van der Waals surface area contributed by atoms with Gasteiger partial charge in [-0.05, 0) is 37.3 Å². The highest BCUT2D eigenvalue weighted by molar-refractivity contribution is 8.01. The molecule has 2 N–H and O–H groups in total. The second-order valence-electron chi connectivity index (χ2n) is 7.84. The summed E-state index contributed by atoms with van der Waals surface area (Å²) in [5, 5.41) is 6.63. The smallest absolute Gasteiger partial charge is 0.238 e. The van der Waals surface area contributed by atoms with E-state index < -0.39 is 0 Å². The van der Waals surface area contributed by atoms with E-state index >= 15 is 0 Å². The molecule has 6 nitrogen and oxygen atoms in total. The van der Waals surface area contributed by atoms with Gasteiger partial charge in [0.15, 0.2) is 0 Å². The fourth-order valence-electron chi connectivity index (χ4n) is 4.03. The highest BCUT2D eigenvalue weighted by Crippen LogP contribution is 2.39. The minimum Gasteiger partial charge on any atom is -0.496 e. The Bertz CT molecular complexity index is 704. The number of amides is 2. The first-order valence-electron chi connectivity index (χ1n) is 10.7. The van der Waals surface area contributed by atoms with Crippen LogP contribution in [-0.2, 0) is 16.0 Å². The second-order valence-corrected chi connectivity index (χ2v) is 9.24. The molecular weight excluding hydrogens is 386 g/mol. The quantitative estimate of drug-likeness (QED) is 0.678. The summed E-state index contributed by atoms with van der Waals surface area (Å²) in [6.45, 7) is 4.27. The third-order valence-corrected chi connectivity index (χ3v) is 7.41. The Balaban J connectivity index is 1.42. The van der Waals surface area contributed by atoms with Crippen LogP contribution in [0.1, 0.15) is 44.6 Å². The summed E-state index contributed by atoms with van der Waals surface area (Å²) in [5.41, 5.74) is 1.10. The van der Waals surface area contributed by atoms with Crippen molar-refractivity contribution in [2.24, 2.45) is 0 Å². The van der Waals surface area contributed by atoms with E-state index in [1.54, 1.807) is 7.11 Å². The number of para-hydroxylation sites is 1. The van der Waals surface area contributed by atoms with Gasteiger partial charge in [0, 0.05) is 31.8 Å². The van der Waals surface area contributed by atoms with Crippen molar-refractivity contribution in [3.05, 3.63) is 29.8 Å². The zero-order valence-electron chi connectivity index (χ0n) is 17.5. The molecule has 2 heterocycles. The zero-order valence-corrected chi connectivity index (χ0v) is 18.4. The molecule has 0 bridgehead atoms. The monoisotopic (exact) mass is 419 g/mol. The van der Waals surface area contributed by atoms with Crippen molar-refractivity contribution in [1.82, 2.24) is 15.5 Å². The number of unbranched alkanes of at least 4 members (excludes halogenated alkanes) is 1. The number of nitrogens with zero attached hydrogens (tertiary/aromatic N) is 1. The molecule has 160 valence electrons. The van der Waals surface area contributed by atoms with Crippen molar-refractivity contribution in [2.45, 2.75) is 56.4 Å². The lowest BCUT2D eigenvalue weighted by Gasteiger charge is -2.39. The minimum absolute atomic E-state index is 0.0609. The number of methoxy groups -OCH3 is 1. The maximum atomic E-state index is 12.6. The van der Waals surface area contributed by atoms with Gasteiger partial charge < -0.3 is 15.0 Å². The van der Waals surface area contributed by atoms with E-state index in [0.29, 0.717) is 13.0 Å². The highest BCUT2D eigenvalue weighted by atomic mass is 32.2. The van der Waals surface area contributed by atoms with Crippen molar-refractivity contribution >= 4 is 23.6 Å². The number of nitrogens with one attached hydrogen (secondary N) is 2. The predicted molar refractivity (Wildman–Crippen MR) is 117 cm³/mol. The summed E-state index contributed by atoms with van der Waals surface area (Å²) < 4.78 is 5.37. The molecule has 1 aromatic rings. The number of hydrogen-bond acceptors (Lipinski definition) is 5.